The van der Waals surface area contributed by atoms with Crippen molar-refractivity contribution in [1.82, 2.24) is 14.8 Å². The Hall–Kier alpha value is -2.59. The van der Waals surface area contributed by atoms with Gasteiger partial charge in [0.25, 0.3) is 0 Å². The summed E-state index contributed by atoms with van der Waals surface area (Å²) in [7, 11) is 0. The zero-order valence-electron chi connectivity index (χ0n) is 16.7. The molecule has 1 saturated carbocycles. The number of carbonyl (C=O) groups excluding carboxylic acids is 1. The van der Waals surface area contributed by atoms with Gasteiger partial charge in [0.05, 0.1) is 27.1 Å². The number of nitrogens with zero attached hydrogens (tertiary/aromatic N) is 3. The first-order chi connectivity index (χ1) is 15.1. The van der Waals surface area contributed by atoms with Gasteiger partial charge in [0.15, 0.2) is 11.0 Å². The summed E-state index contributed by atoms with van der Waals surface area (Å²) in [5, 5.41) is 10.4. The minimum atomic E-state index is -4.56. The number of thioether (sulfide) groups is 1. The van der Waals surface area contributed by atoms with Crippen molar-refractivity contribution >= 4 is 35.0 Å². The third-order valence-corrected chi connectivity index (χ3v) is 6.28. The van der Waals surface area contributed by atoms with Crippen molar-refractivity contribution in [2.45, 2.75) is 42.4 Å². The first kappa shape index (κ1) is 22.6. The molecule has 0 saturated heterocycles. The van der Waals surface area contributed by atoms with Gasteiger partial charge in [-0.15, -0.1) is 10.2 Å². The first-order valence-electron chi connectivity index (χ1n) is 9.69. The van der Waals surface area contributed by atoms with Crippen molar-refractivity contribution in [3.05, 3.63) is 58.9 Å². The maximum Gasteiger partial charge on any atom is 0.416 e. The second kappa shape index (κ2) is 8.74. The number of nitrogens with one attached hydrogen (secondary N) is 1. The highest BCUT2D eigenvalue weighted by Gasteiger charge is 2.33. The predicted molar refractivity (Wildman–Crippen MR) is 114 cm³/mol. The van der Waals surface area contributed by atoms with E-state index in [1.165, 1.54) is 6.07 Å². The number of rotatable bonds is 6. The van der Waals surface area contributed by atoms with Crippen LogP contribution >= 0.6 is 23.4 Å². The quantitative estimate of drug-likeness (QED) is 0.334. The fraction of sp³-hybridized carbons (Fsp3) is 0.286. The van der Waals surface area contributed by atoms with E-state index in [-0.39, 0.29) is 16.8 Å². The minimum absolute atomic E-state index is 0.00784. The maximum absolute atomic E-state index is 14.3. The highest BCUT2D eigenvalue weighted by atomic mass is 35.5. The van der Waals surface area contributed by atoms with E-state index < -0.39 is 28.7 Å². The third kappa shape index (κ3) is 4.75. The average molecular weight is 485 g/mol. The molecule has 32 heavy (non-hydrogen) atoms. The van der Waals surface area contributed by atoms with Crippen molar-refractivity contribution < 1.29 is 22.4 Å². The number of benzene rings is 2. The third-order valence-electron chi connectivity index (χ3n) is 4.89. The topological polar surface area (TPSA) is 59.8 Å². The van der Waals surface area contributed by atoms with Gasteiger partial charge in [0.2, 0.25) is 5.91 Å². The van der Waals surface area contributed by atoms with Gasteiger partial charge in [0.1, 0.15) is 5.82 Å². The summed E-state index contributed by atoms with van der Waals surface area (Å²) in [6, 6.07) is 9.06. The lowest BCUT2D eigenvalue weighted by Gasteiger charge is -2.15. The van der Waals surface area contributed by atoms with E-state index in [0.717, 1.165) is 42.8 Å². The minimum Gasteiger partial charge on any atom is -0.324 e. The van der Waals surface area contributed by atoms with Gasteiger partial charge in [-0.1, -0.05) is 35.5 Å². The van der Waals surface area contributed by atoms with Crippen LogP contribution in [0.1, 0.15) is 31.4 Å². The Morgan fingerprint density at radius 1 is 1.22 bits per heavy atom. The lowest BCUT2D eigenvalue weighted by molar-refractivity contribution is -0.137. The number of halogens is 5. The van der Waals surface area contributed by atoms with Crippen LogP contribution in [0, 0.1) is 5.82 Å². The van der Waals surface area contributed by atoms with Crippen molar-refractivity contribution in [2.75, 3.05) is 5.32 Å². The van der Waals surface area contributed by atoms with Crippen LogP contribution in [0.25, 0.3) is 11.4 Å². The Morgan fingerprint density at radius 2 is 1.94 bits per heavy atom. The van der Waals surface area contributed by atoms with Crippen LogP contribution in [-0.2, 0) is 11.0 Å². The molecule has 4 rings (SSSR count). The Bertz CT molecular complexity index is 1160. The Balaban J connectivity index is 1.54. The highest BCUT2D eigenvalue weighted by molar-refractivity contribution is 8.00. The molecule has 1 aliphatic carbocycles. The van der Waals surface area contributed by atoms with Gasteiger partial charge in [0, 0.05) is 6.04 Å². The fourth-order valence-electron chi connectivity index (χ4n) is 3.09. The van der Waals surface area contributed by atoms with E-state index in [1.54, 1.807) is 25.1 Å². The maximum atomic E-state index is 14.3. The number of aromatic nitrogens is 3. The summed E-state index contributed by atoms with van der Waals surface area (Å²) in [6.45, 7) is 1.59. The van der Waals surface area contributed by atoms with Gasteiger partial charge in [-0.2, -0.15) is 13.2 Å². The lowest BCUT2D eigenvalue weighted by Crippen LogP contribution is -2.23. The summed E-state index contributed by atoms with van der Waals surface area (Å²) < 4.78 is 55.0. The first-order valence-corrected chi connectivity index (χ1v) is 10.9. The Kier molecular flexibility index (Phi) is 6.17. The Morgan fingerprint density at radius 3 is 2.59 bits per heavy atom. The SMILES string of the molecule is C[C@@H](Sc1nnc(-c2ccccc2F)n1C1CC1)C(=O)Nc1cc(C(F)(F)F)ccc1Cl. The van der Waals surface area contributed by atoms with Crippen LogP contribution in [-0.4, -0.2) is 25.9 Å². The second-order valence-corrected chi connectivity index (χ2v) is 9.04. The molecule has 3 aromatic rings. The second-order valence-electron chi connectivity index (χ2n) is 7.33. The molecule has 1 aromatic heterocycles. The largest absolute Gasteiger partial charge is 0.416 e. The van der Waals surface area contributed by atoms with E-state index in [2.05, 4.69) is 15.5 Å². The van der Waals surface area contributed by atoms with Crippen molar-refractivity contribution in [3.63, 3.8) is 0 Å². The molecule has 1 fully saturated rings. The van der Waals surface area contributed by atoms with Crippen molar-refractivity contribution in [2.24, 2.45) is 0 Å². The molecular formula is C21H17ClF4N4OS. The average Bonchev–Trinajstić information content (AvgIpc) is 3.49. The molecule has 0 aliphatic heterocycles. The van der Waals surface area contributed by atoms with E-state index >= 15 is 0 Å². The molecule has 2 aromatic carbocycles. The molecule has 0 bridgehead atoms. The van der Waals surface area contributed by atoms with Gasteiger partial charge < -0.3 is 5.32 Å². The smallest absolute Gasteiger partial charge is 0.324 e. The van der Waals surface area contributed by atoms with Crippen molar-refractivity contribution in [1.29, 1.82) is 0 Å². The molecule has 1 N–H and O–H groups in total. The van der Waals surface area contributed by atoms with Gasteiger partial charge in [-0.25, -0.2) is 4.39 Å². The van der Waals surface area contributed by atoms with E-state index in [9.17, 15) is 22.4 Å². The van der Waals surface area contributed by atoms with Crippen LogP contribution < -0.4 is 5.32 Å². The van der Waals surface area contributed by atoms with E-state index in [0.29, 0.717) is 16.5 Å². The zero-order valence-corrected chi connectivity index (χ0v) is 18.2. The number of hydrogen-bond donors (Lipinski definition) is 1. The van der Waals surface area contributed by atoms with Crippen molar-refractivity contribution in [3.8, 4) is 11.4 Å². The van der Waals surface area contributed by atoms with Crippen LogP contribution in [0.15, 0.2) is 47.6 Å². The fourth-order valence-corrected chi connectivity index (χ4v) is 4.17. The molecule has 0 radical (unpaired) electrons. The molecule has 0 unspecified atom stereocenters. The number of anilines is 1. The van der Waals surface area contributed by atoms with Crippen LogP contribution in [0.5, 0.6) is 0 Å². The normalized spacial score (nSPS) is 14.9. The van der Waals surface area contributed by atoms with E-state index in [4.69, 9.17) is 11.6 Å². The summed E-state index contributed by atoms with van der Waals surface area (Å²) in [5.41, 5.74) is -0.734. The monoisotopic (exact) mass is 484 g/mol. The molecule has 0 spiro atoms. The molecule has 1 aliphatic rings. The number of hydrogen-bond acceptors (Lipinski definition) is 4. The lowest BCUT2D eigenvalue weighted by atomic mass is 10.2. The highest BCUT2D eigenvalue weighted by Crippen LogP contribution is 2.42. The van der Waals surface area contributed by atoms with Gasteiger partial charge >= 0.3 is 6.18 Å². The van der Waals surface area contributed by atoms with Crippen LogP contribution in [0.4, 0.5) is 23.2 Å². The van der Waals surface area contributed by atoms with Gasteiger partial charge in [-0.05, 0) is 50.1 Å². The predicted octanol–water partition coefficient (Wildman–Crippen LogP) is 6.21. The van der Waals surface area contributed by atoms with Gasteiger partial charge in [-0.3, -0.25) is 9.36 Å². The molecule has 5 nitrogen and oxygen atoms in total. The summed E-state index contributed by atoms with van der Waals surface area (Å²) in [6.07, 6.45) is -2.80. The van der Waals surface area contributed by atoms with Crippen LogP contribution in [0.3, 0.4) is 0 Å². The molecular weight excluding hydrogens is 468 g/mol. The summed E-state index contributed by atoms with van der Waals surface area (Å²) in [4.78, 5) is 12.7. The standard InChI is InChI=1S/C21H17ClF4N4OS/c1-11(19(31)27-17-10-12(21(24,25)26)6-9-15(17)22)32-20-29-28-18(30(20)13-7-8-13)14-4-2-3-5-16(14)23/h2-6,9-11,13H,7-8H2,1H3,(H,27,31)/t11-/m1/s1. The molecule has 168 valence electrons. The van der Waals surface area contributed by atoms with E-state index in [1.807, 2.05) is 4.57 Å². The number of alkyl halides is 3. The molecule has 1 atom stereocenters. The molecule has 1 heterocycles. The Labute approximate surface area is 190 Å². The molecule has 11 heteroatoms. The summed E-state index contributed by atoms with van der Waals surface area (Å²) >= 11 is 7.06. The summed E-state index contributed by atoms with van der Waals surface area (Å²) in [5.74, 6) is -0.598. The number of amides is 1. The zero-order chi connectivity index (χ0) is 23.0. The van der Waals surface area contributed by atoms with Crippen LogP contribution in [0.2, 0.25) is 5.02 Å². The molecule has 1 amide bonds. The number of carbonyl (C=O) groups is 1.